The molecule has 888 valence electrons. The molecule has 0 aliphatic heterocycles. The molecule has 32 heteroatoms. The number of ether oxygens (including phenoxy) is 1. The average molecular weight is 2040 g/mol. The second kappa shape index (κ2) is 196. The smallest absolute Gasteiger partial charge is 0.108 e. The fraction of sp³-hybridized carbons (Fsp3) is 1.00. The van der Waals surface area contributed by atoms with Crippen LogP contribution in [0.5, 0.6) is 0 Å². The van der Waals surface area contributed by atoms with E-state index < -0.39 is 116 Å². The van der Waals surface area contributed by atoms with Crippen LogP contribution in [0.15, 0.2) is 0 Å². The van der Waals surface area contributed by atoms with Crippen LogP contribution >= 0.6 is 0 Å². The Balaban J connectivity index is -0.0000000233. The minimum absolute atomic E-state index is 0. The van der Waals surface area contributed by atoms with E-state index in [1.165, 1.54) is 7.11 Å². The van der Waals surface area contributed by atoms with Gasteiger partial charge in [-0.25, -0.2) is 0 Å². The van der Waals surface area contributed by atoms with Crippen LogP contribution in [0.3, 0.4) is 0 Å². The third kappa shape index (κ3) is 198. The van der Waals surface area contributed by atoms with Crippen molar-refractivity contribution in [1.29, 1.82) is 0 Å². The molecule has 0 bridgehead atoms. The zero-order chi connectivity index (χ0) is 89.9. The Morgan fingerprint density at radius 2 is 0.529 bits per heavy atom. The van der Waals surface area contributed by atoms with Crippen LogP contribution < -0.4 is 0 Å². The highest BCUT2D eigenvalue weighted by Crippen LogP contribution is 2.19. The van der Waals surface area contributed by atoms with Gasteiger partial charge < -0.3 is 163 Å². The first-order valence-electron chi connectivity index (χ1n) is 41.5. The summed E-state index contributed by atoms with van der Waals surface area (Å²) in [7, 11) is 1.48. The molecule has 32 nitrogen and oxygen atoms in total. The highest BCUT2D eigenvalue weighted by atomic mass is 16.5. The van der Waals surface area contributed by atoms with E-state index in [2.05, 4.69) is 20.8 Å². The highest BCUT2D eigenvalue weighted by Gasteiger charge is 2.28. The Hall–Kier alpha value is -1.28. The summed E-state index contributed by atoms with van der Waals surface area (Å²) >= 11 is 0. The van der Waals surface area contributed by atoms with Gasteiger partial charge in [0.1, 0.15) is 30.5 Å². The monoisotopic (exact) mass is 2040 g/mol. The molecule has 0 saturated heterocycles. The summed E-state index contributed by atoms with van der Waals surface area (Å²) in [6.45, 7) is 25.3. The topological polar surface area (TPSA) is 636 Å². The van der Waals surface area contributed by atoms with Gasteiger partial charge in [0.05, 0.1) is 138 Å². The zero-order valence-electron chi connectivity index (χ0n) is 72.4. The Morgan fingerprint density at radius 3 is 0.765 bits per heavy atom. The lowest BCUT2D eigenvalue weighted by atomic mass is 9.92. The quantitative estimate of drug-likeness (QED) is 0.0251. The number of aliphatic hydroxyl groups is 31. The van der Waals surface area contributed by atoms with Crippen LogP contribution in [-0.4, -0.2) is 367 Å². The third-order valence-electron chi connectivity index (χ3n) is 16.5. The molecule has 0 rings (SSSR count). The molecule has 31 N–H and O–H groups in total. The molecule has 20 unspecified atom stereocenters. The standard InChI is InChI=1S/2C8H18O4.C7H16O4.C7H16O3.3C7H16O2.C6H14O3.3C6H14O2.C5H12O2.24CH4/c1-3-4-7(12-2)8(11)6(10)5-9;1-2-3-8(12,6-10)4-7(11)5-9;1-2-3-5(9)7(11)6(10)4-8;1-2-3-6(9)4-7(10)5-8;1-3-4-7(5-8)6(2)9;1-2-3-7(6-9)4-5-8;1-2-3-4-5-7(9)6-8;1-2-3-5(8)6(9)4-7;1-3-4-6(8)5(2)7;1-2-3-6(4-7)5-8;1-2-3-4-6(8)5-7;1-2-3-5(7)4-6;;;;;;;;;;;;;;;;;;;;;;;;/h6-11H,3-5H2,1-2H3;7,9-12H,2-6H2,1H3;5-11H,2-4H2,1H3;6-10H,2-5H2,1H3;6-9H,3-5H2,1-2H3;2*7-9H,2-6H2,1H3;5-9H,2-4H2,1H3;5-8H,3-4H2,1-2H3;2*6-8H,2-5H2,1H3;5-7H,2-4H2,1H3;24*1H4. The summed E-state index contributed by atoms with van der Waals surface area (Å²) in [4.78, 5) is 0. The van der Waals surface area contributed by atoms with Crippen molar-refractivity contribution in [1.82, 2.24) is 0 Å². The summed E-state index contributed by atoms with van der Waals surface area (Å²) < 4.78 is 4.95. The fourth-order valence-electron chi connectivity index (χ4n) is 9.20. The van der Waals surface area contributed by atoms with Crippen molar-refractivity contribution in [2.45, 2.75) is 577 Å². The highest BCUT2D eigenvalue weighted by molar-refractivity contribution is 4.80. The molecular weight excluding hydrogens is 1760 g/mol. The molecule has 0 aromatic heterocycles. The molecule has 0 heterocycles. The lowest BCUT2D eigenvalue weighted by molar-refractivity contribution is -0.0918. The average Bonchev–Trinajstić information content (AvgIpc) is 0.901. The number of hydrogen-bond donors (Lipinski definition) is 31. The largest absolute Gasteiger partial charge is 0.396 e. The normalized spacial score (nSPS) is 13.4. The maximum Gasteiger partial charge on any atom is 0.108 e. The van der Waals surface area contributed by atoms with Gasteiger partial charge in [0.15, 0.2) is 0 Å². The first-order valence-corrected chi connectivity index (χ1v) is 41.5. The molecule has 0 saturated carbocycles. The fourth-order valence-corrected chi connectivity index (χ4v) is 9.20. The molecular formula is C104H280O32. The van der Waals surface area contributed by atoms with Gasteiger partial charge in [-0.05, 0) is 103 Å². The van der Waals surface area contributed by atoms with Crippen LogP contribution in [0.4, 0.5) is 0 Å². The third-order valence-corrected chi connectivity index (χ3v) is 16.5. The maximum atomic E-state index is 9.60. The SMILES string of the molecule is C.C.C.C.C.C.C.C.C.C.C.C.C.C.C.C.C.C.C.C.C.C.C.C.CCCC(CO)C(C)O.CCCC(CO)CCO.CCCC(CO)CO.CCCC(O)(CO)CC(O)CO.CCCC(O)C(C)O.CCCC(O)C(O)C(O)CO.CCCC(O)C(O)CO.CCCC(O)CC(O)CO.CCCC(O)CO.CCCC(OC)C(O)C(O)CO.CCCCC(O)CO.CCCCCC(O)CO. The molecule has 0 fully saturated rings. The van der Waals surface area contributed by atoms with Crippen molar-refractivity contribution >= 4 is 0 Å². The van der Waals surface area contributed by atoms with Crippen molar-refractivity contribution in [3.8, 4) is 0 Å². The Morgan fingerprint density at radius 1 is 0.228 bits per heavy atom. The van der Waals surface area contributed by atoms with Gasteiger partial charge in [-0.2, -0.15) is 0 Å². The van der Waals surface area contributed by atoms with E-state index in [9.17, 15) is 10.2 Å². The lowest BCUT2D eigenvalue weighted by Crippen LogP contribution is -2.40. The van der Waals surface area contributed by atoms with Crippen molar-refractivity contribution in [3.63, 3.8) is 0 Å². The van der Waals surface area contributed by atoms with E-state index in [4.69, 9.17) is 153 Å². The van der Waals surface area contributed by atoms with Gasteiger partial charge in [-0.3, -0.25) is 0 Å². The van der Waals surface area contributed by atoms with E-state index in [1.807, 2.05) is 62.3 Å². The Labute approximate surface area is 853 Å². The van der Waals surface area contributed by atoms with Crippen LogP contribution in [-0.2, 0) is 4.74 Å². The van der Waals surface area contributed by atoms with Gasteiger partial charge >= 0.3 is 0 Å². The van der Waals surface area contributed by atoms with Gasteiger partial charge in [-0.1, -0.05) is 358 Å². The first kappa shape index (κ1) is 247. The number of hydrogen-bond acceptors (Lipinski definition) is 32. The Kier molecular flexibility index (Phi) is 356. The van der Waals surface area contributed by atoms with Crippen molar-refractivity contribution < 1.29 is 163 Å². The van der Waals surface area contributed by atoms with E-state index in [-0.39, 0.29) is 288 Å². The first-order chi connectivity index (χ1) is 52.8. The van der Waals surface area contributed by atoms with E-state index >= 15 is 0 Å². The summed E-state index contributed by atoms with van der Waals surface area (Å²) in [6, 6.07) is 0. The van der Waals surface area contributed by atoms with Crippen LogP contribution in [0, 0.1) is 17.8 Å². The molecule has 0 radical (unpaired) electrons. The predicted molar refractivity (Wildman–Crippen MR) is 601 cm³/mol. The minimum atomic E-state index is -1.24. The summed E-state index contributed by atoms with van der Waals surface area (Å²) in [5.74, 6) is 0.509. The van der Waals surface area contributed by atoms with E-state index in [0.29, 0.717) is 50.9 Å². The molecule has 0 aliphatic carbocycles. The van der Waals surface area contributed by atoms with Gasteiger partial charge in [0, 0.05) is 64.8 Å². The molecule has 20 atom stereocenters. The molecule has 0 aliphatic rings. The van der Waals surface area contributed by atoms with Gasteiger partial charge in [0.25, 0.3) is 0 Å². The van der Waals surface area contributed by atoms with E-state index in [1.54, 1.807) is 13.8 Å². The van der Waals surface area contributed by atoms with Crippen molar-refractivity contribution in [2.24, 2.45) is 17.8 Å². The summed E-state index contributed by atoms with van der Waals surface area (Å²) in [6.07, 6.45) is 11.2. The predicted octanol–water partition coefficient (Wildman–Crippen LogP) is 16.3. The molecule has 136 heavy (non-hydrogen) atoms. The summed E-state index contributed by atoms with van der Waals surface area (Å²) in [5.41, 5.74) is -1.24. The number of aliphatic hydroxyl groups excluding tert-OH is 30. The van der Waals surface area contributed by atoms with Crippen LogP contribution in [0.1, 0.15) is 468 Å². The maximum absolute atomic E-state index is 9.60. The molecule has 0 amide bonds. The number of unbranched alkanes of at least 4 members (excludes halogenated alkanes) is 3. The molecule has 0 aromatic carbocycles. The second-order valence-electron chi connectivity index (χ2n) is 28.1. The molecule has 0 aromatic rings. The second-order valence-corrected chi connectivity index (χ2v) is 28.1. The van der Waals surface area contributed by atoms with Gasteiger partial charge in [-0.15, -0.1) is 0 Å². The van der Waals surface area contributed by atoms with Crippen molar-refractivity contribution in [2.75, 3.05) is 99.6 Å². The zero-order valence-corrected chi connectivity index (χ0v) is 72.4. The number of rotatable bonds is 54. The number of methoxy groups -OCH3 is 1. The van der Waals surface area contributed by atoms with Crippen molar-refractivity contribution in [3.05, 3.63) is 0 Å². The summed E-state index contributed by atoms with van der Waals surface area (Å²) in [5, 5.41) is 271. The van der Waals surface area contributed by atoms with E-state index in [0.717, 1.165) is 135 Å². The lowest BCUT2D eigenvalue weighted by Gasteiger charge is -2.27. The van der Waals surface area contributed by atoms with Gasteiger partial charge in [0.2, 0.25) is 0 Å². The van der Waals surface area contributed by atoms with Crippen LogP contribution in [0.2, 0.25) is 0 Å². The Bertz CT molecular complexity index is 1590. The molecule has 0 spiro atoms. The minimum Gasteiger partial charge on any atom is -0.396 e. The van der Waals surface area contributed by atoms with Crippen LogP contribution in [0.25, 0.3) is 0 Å².